The number of aromatic amines is 1. The monoisotopic (exact) mass is 382 g/mol. The first kappa shape index (κ1) is 18.2. The van der Waals surface area contributed by atoms with Crippen molar-refractivity contribution in [1.82, 2.24) is 20.0 Å². The van der Waals surface area contributed by atoms with Crippen molar-refractivity contribution in [2.45, 2.75) is 25.4 Å². The fraction of sp³-hybridized carbons (Fsp3) is 0.350. The maximum absolute atomic E-state index is 13.0. The first-order chi connectivity index (χ1) is 13.5. The Labute approximate surface area is 161 Å². The Hall–Kier alpha value is -3.13. The number of aromatic nitrogens is 2. The second-order valence-corrected chi connectivity index (χ2v) is 7.37. The second-order valence-electron chi connectivity index (χ2n) is 7.37. The lowest BCUT2D eigenvalue weighted by atomic mass is 10.1. The number of carbonyl (C=O) groups excluding carboxylic acids is 1. The van der Waals surface area contributed by atoms with Crippen molar-refractivity contribution in [2.75, 3.05) is 20.1 Å². The van der Waals surface area contributed by atoms with Crippen LogP contribution in [0, 0.1) is 6.92 Å². The van der Waals surface area contributed by atoms with Crippen LogP contribution in [-0.4, -0.2) is 69.7 Å². The predicted molar refractivity (Wildman–Crippen MR) is 103 cm³/mol. The predicted octanol–water partition coefficient (Wildman–Crippen LogP) is 2.36. The average molecular weight is 382 g/mol. The minimum absolute atomic E-state index is 0.0356. The minimum atomic E-state index is -0.250. The Balaban J connectivity index is 0.000000604. The van der Waals surface area contributed by atoms with E-state index in [-0.39, 0.29) is 12.4 Å². The first-order valence-corrected chi connectivity index (χ1v) is 9.14. The van der Waals surface area contributed by atoms with Crippen molar-refractivity contribution < 1.29 is 19.1 Å². The lowest BCUT2D eigenvalue weighted by Crippen LogP contribution is -2.47. The fourth-order valence-corrected chi connectivity index (χ4v) is 4.17. The molecule has 2 saturated heterocycles. The highest BCUT2D eigenvalue weighted by Gasteiger charge is 2.44. The van der Waals surface area contributed by atoms with Gasteiger partial charge in [-0.1, -0.05) is 6.07 Å². The summed E-state index contributed by atoms with van der Waals surface area (Å²) in [7, 11) is 2.13. The van der Waals surface area contributed by atoms with Crippen LogP contribution >= 0.6 is 0 Å². The van der Waals surface area contributed by atoms with Crippen molar-refractivity contribution in [1.29, 1.82) is 0 Å². The molecule has 2 fully saturated rings. The van der Waals surface area contributed by atoms with Crippen molar-refractivity contribution in [3.05, 3.63) is 41.8 Å². The number of H-pyrrole nitrogens is 1. The standard InChI is InChI=1S/C19H20N4O2.CH2O2/c1-11-5-17(25-10-11)12-3-4-15-16(6-12)20-21-18(15)19(24)23-9-13-7-14(23)8-22(13)2;2-1-3/h3-6,10,13-14H,7-9H2,1-2H3,(H,20,21);1H,(H,2,3)/t13-,14-;/m0./s1. The Bertz CT molecular complexity index is 1020. The zero-order valence-corrected chi connectivity index (χ0v) is 15.8. The van der Waals surface area contributed by atoms with E-state index in [0.717, 1.165) is 47.3 Å². The molecule has 146 valence electrons. The molecule has 1 aromatic carbocycles. The van der Waals surface area contributed by atoms with Gasteiger partial charge in [-0.2, -0.15) is 5.10 Å². The Kier molecular flexibility index (Phi) is 4.64. The van der Waals surface area contributed by atoms with Gasteiger partial charge in [0.15, 0.2) is 5.69 Å². The van der Waals surface area contributed by atoms with E-state index in [4.69, 9.17) is 14.3 Å². The summed E-state index contributed by atoms with van der Waals surface area (Å²) in [5.74, 6) is 0.857. The molecule has 0 unspecified atom stereocenters. The van der Waals surface area contributed by atoms with Gasteiger partial charge in [-0.25, -0.2) is 0 Å². The van der Waals surface area contributed by atoms with Gasteiger partial charge < -0.3 is 14.4 Å². The summed E-state index contributed by atoms with van der Waals surface area (Å²) in [6.45, 7) is 3.51. The highest BCUT2D eigenvalue weighted by atomic mass is 16.3. The summed E-state index contributed by atoms with van der Waals surface area (Å²) >= 11 is 0. The van der Waals surface area contributed by atoms with Crippen LogP contribution in [-0.2, 0) is 4.79 Å². The largest absolute Gasteiger partial charge is 0.483 e. The maximum atomic E-state index is 13.0. The van der Waals surface area contributed by atoms with E-state index in [2.05, 4.69) is 22.1 Å². The summed E-state index contributed by atoms with van der Waals surface area (Å²) in [5.41, 5.74) is 3.44. The molecule has 2 aromatic heterocycles. The van der Waals surface area contributed by atoms with Gasteiger partial charge in [0, 0.05) is 36.1 Å². The number of amides is 1. The first-order valence-electron chi connectivity index (χ1n) is 9.14. The molecular weight excluding hydrogens is 360 g/mol. The van der Waals surface area contributed by atoms with Gasteiger partial charge in [-0.3, -0.25) is 19.6 Å². The average Bonchev–Trinajstić information content (AvgIpc) is 3.44. The molecule has 4 heterocycles. The molecule has 2 aliphatic heterocycles. The number of nitrogens with zero attached hydrogens (tertiary/aromatic N) is 3. The van der Waals surface area contributed by atoms with Crippen molar-refractivity contribution in [2.24, 2.45) is 0 Å². The van der Waals surface area contributed by atoms with E-state index < -0.39 is 0 Å². The third-order valence-corrected chi connectivity index (χ3v) is 5.56. The van der Waals surface area contributed by atoms with E-state index in [0.29, 0.717) is 17.8 Å². The topological polar surface area (TPSA) is 103 Å². The summed E-state index contributed by atoms with van der Waals surface area (Å²) in [4.78, 5) is 25.7. The van der Waals surface area contributed by atoms with Crippen LogP contribution in [0.5, 0.6) is 0 Å². The molecule has 2 N–H and O–H groups in total. The lowest BCUT2D eigenvalue weighted by Gasteiger charge is -2.31. The van der Waals surface area contributed by atoms with Crippen molar-refractivity contribution >= 4 is 23.3 Å². The summed E-state index contributed by atoms with van der Waals surface area (Å²) in [6, 6.07) is 8.74. The summed E-state index contributed by atoms with van der Waals surface area (Å²) in [5, 5.41) is 15.1. The SMILES string of the molecule is Cc1coc(-c2ccc3c(C(=O)N4C[C@@H]5C[C@H]4CN5C)n[nH]c3c2)c1.O=CO. The normalized spacial score (nSPS) is 21.0. The van der Waals surface area contributed by atoms with Gasteiger partial charge in [0.2, 0.25) is 0 Å². The summed E-state index contributed by atoms with van der Waals surface area (Å²) < 4.78 is 5.56. The second kappa shape index (κ2) is 7.12. The molecule has 1 amide bonds. The number of fused-ring (bicyclic) bond motifs is 3. The third-order valence-electron chi connectivity index (χ3n) is 5.56. The highest BCUT2D eigenvalue weighted by Crippen LogP contribution is 2.32. The van der Waals surface area contributed by atoms with Crippen LogP contribution < -0.4 is 0 Å². The number of furan rings is 1. The molecule has 8 nitrogen and oxygen atoms in total. The van der Waals surface area contributed by atoms with E-state index in [1.165, 1.54) is 0 Å². The quantitative estimate of drug-likeness (QED) is 0.660. The van der Waals surface area contributed by atoms with Gasteiger partial charge in [0.1, 0.15) is 5.76 Å². The highest BCUT2D eigenvalue weighted by molar-refractivity contribution is 6.05. The molecule has 0 saturated carbocycles. The maximum Gasteiger partial charge on any atom is 0.290 e. The zero-order valence-electron chi connectivity index (χ0n) is 15.8. The number of hydrogen-bond donors (Lipinski definition) is 2. The summed E-state index contributed by atoms with van der Waals surface area (Å²) in [6.07, 6.45) is 2.81. The van der Waals surface area contributed by atoms with Crippen molar-refractivity contribution in [3.8, 4) is 11.3 Å². The number of likely N-dealkylation sites (tertiary alicyclic amines) is 2. The van der Waals surface area contributed by atoms with E-state index in [9.17, 15) is 4.79 Å². The number of benzene rings is 1. The third kappa shape index (κ3) is 3.05. The number of aryl methyl sites for hydroxylation is 1. The van der Waals surface area contributed by atoms with E-state index in [1.54, 1.807) is 6.26 Å². The van der Waals surface area contributed by atoms with Crippen LogP contribution in [0.15, 0.2) is 34.9 Å². The number of carbonyl (C=O) groups is 2. The molecule has 2 atom stereocenters. The number of carboxylic acid groups (broad SMARTS) is 1. The smallest absolute Gasteiger partial charge is 0.290 e. The van der Waals surface area contributed by atoms with Crippen LogP contribution in [0.2, 0.25) is 0 Å². The Morgan fingerprint density at radius 3 is 2.71 bits per heavy atom. The minimum Gasteiger partial charge on any atom is -0.483 e. The van der Waals surface area contributed by atoms with Crippen LogP contribution in [0.25, 0.3) is 22.2 Å². The van der Waals surface area contributed by atoms with E-state index in [1.807, 2.05) is 36.1 Å². The fourth-order valence-electron chi connectivity index (χ4n) is 4.17. The molecule has 3 aromatic rings. The molecular formula is C20H22N4O4. The number of piperazine rings is 1. The van der Waals surface area contributed by atoms with Crippen LogP contribution in [0.1, 0.15) is 22.5 Å². The van der Waals surface area contributed by atoms with Gasteiger partial charge in [-0.05, 0) is 44.2 Å². The van der Waals surface area contributed by atoms with Crippen molar-refractivity contribution in [3.63, 3.8) is 0 Å². The number of hydrogen-bond acceptors (Lipinski definition) is 5. The number of likely N-dealkylation sites (N-methyl/N-ethyl adjacent to an activating group) is 1. The molecule has 28 heavy (non-hydrogen) atoms. The zero-order chi connectivity index (χ0) is 19.8. The molecule has 8 heteroatoms. The van der Waals surface area contributed by atoms with Crippen LogP contribution in [0.4, 0.5) is 0 Å². The lowest BCUT2D eigenvalue weighted by molar-refractivity contribution is -0.122. The van der Waals surface area contributed by atoms with Gasteiger partial charge in [-0.15, -0.1) is 0 Å². The molecule has 0 spiro atoms. The number of rotatable bonds is 2. The molecule has 2 aliphatic rings. The van der Waals surface area contributed by atoms with Gasteiger partial charge >= 0.3 is 0 Å². The van der Waals surface area contributed by atoms with Crippen LogP contribution in [0.3, 0.4) is 0 Å². The van der Waals surface area contributed by atoms with E-state index >= 15 is 0 Å². The molecule has 0 radical (unpaired) electrons. The molecule has 0 aliphatic carbocycles. The van der Waals surface area contributed by atoms with Gasteiger partial charge in [0.05, 0.1) is 11.8 Å². The van der Waals surface area contributed by atoms with Gasteiger partial charge in [0.25, 0.3) is 12.4 Å². The Morgan fingerprint density at radius 2 is 2.11 bits per heavy atom. The molecule has 5 rings (SSSR count). The Morgan fingerprint density at radius 1 is 1.32 bits per heavy atom. The number of nitrogens with one attached hydrogen (secondary N) is 1. The molecule has 2 bridgehead atoms.